The maximum absolute atomic E-state index is 12.0. The molecule has 0 aliphatic rings. The van der Waals surface area contributed by atoms with E-state index in [2.05, 4.69) is 26.1 Å². The molecule has 0 aromatic rings. The van der Waals surface area contributed by atoms with Gasteiger partial charge < -0.3 is 0 Å². The Bertz CT molecular complexity index is 429. The van der Waals surface area contributed by atoms with E-state index in [9.17, 15) is 14.4 Å². The molecule has 166 valence electrons. The quantitative estimate of drug-likeness (QED) is 0.186. The van der Waals surface area contributed by atoms with Gasteiger partial charge in [-0.05, 0) is 0 Å². The molecule has 0 spiro atoms. The van der Waals surface area contributed by atoms with Crippen molar-refractivity contribution in [3.05, 3.63) is 0 Å². The second-order valence-electron chi connectivity index (χ2n) is 8.05. The van der Waals surface area contributed by atoms with Gasteiger partial charge in [-0.2, -0.15) is 0 Å². The van der Waals surface area contributed by atoms with Crippen molar-refractivity contribution in [2.75, 3.05) is 6.54 Å². The Morgan fingerprint density at radius 1 is 0.679 bits per heavy atom. The summed E-state index contributed by atoms with van der Waals surface area (Å²) < 4.78 is 5.94. The Labute approximate surface area is 178 Å². The van der Waals surface area contributed by atoms with E-state index in [0.29, 0.717) is 6.42 Å². The number of carbonyl (C=O) groups excluding carboxylic acids is 3. The van der Waals surface area contributed by atoms with Gasteiger partial charge in [0.25, 0.3) is 0 Å². The molecule has 0 atom stereocenters. The fourth-order valence-corrected chi connectivity index (χ4v) is 21.6. The molecule has 28 heavy (non-hydrogen) atoms. The molecular formula is C23H45NO3Po. The Balaban J connectivity index is 4.32. The van der Waals surface area contributed by atoms with Gasteiger partial charge in [-0.1, -0.05) is 0 Å². The van der Waals surface area contributed by atoms with Crippen LogP contribution in [0.2, 0.25) is 16.3 Å². The van der Waals surface area contributed by atoms with Crippen LogP contribution >= 0.6 is 0 Å². The molecule has 0 aromatic heterocycles. The number of carbonyl (C=O) groups is 3. The molecule has 4 nitrogen and oxygen atoms in total. The monoisotopic (exact) mass is 592 g/mol. The van der Waals surface area contributed by atoms with Crippen LogP contribution < -0.4 is 5.32 Å². The minimum atomic E-state index is -2.06. The first-order valence-electron chi connectivity index (χ1n) is 11.4. The first-order valence-corrected chi connectivity index (χ1v) is 20.4. The number of unbranched alkanes of at least 4 members (excludes halogenated alkanes) is 3. The van der Waals surface area contributed by atoms with E-state index in [0.717, 1.165) is 13.0 Å². The maximum atomic E-state index is 12.0. The van der Waals surface area contributed by atoms with Gasteiger partial charge in [0.1, 0.15) is 0 Å². The molecule has 0 rings (SSSR count). The number of nitrogens with one attached hydrogen (secondary N) is 1. The molecule has 0 aliphatic carbocycles. The van der Waals surface area contributed by atoms with Crippen LogP contribution in [-0.4, -0.2) is 44.6 Å². The summed E-state index contributed by atoms with van der Waals surface area (Å²) in [7, 11) is 0. The van der Waals surface area contributed by atoms with E-state index in [-0.39, 0.29) is 36.7 Å². The summed E-state index contributed by atoms with van der Waals surface area (Å²) in [6, 6.07) is 0. The van der Waals surface area contributed by atoms with Crippen LogP contribution in [0.5, 0.6) is 0 Å². The van der Waals surface area contributed by atoms with Crippen LogP contribution in [0.4, 0.5) is 0 Å². The number of amides is 1. The molecule has 0 radical (unpaired) electrons. The van der Waals surface area contributed by atoms with E-state index in [4.69, 9.17) is 0 Å². The van der Waals surface area contributed by atoms with E-state index in [1.165, 1.54) is 61.8 Å². The predicted octanol–water partition coefficient (Wildman–Crippen LogP) is 6.06. The van der Waals surface area contributed by atoms with Crippen molar-refractivity contribution in [3.8, 4) is 0 Å². The standard InChI is InChI=1S/C11H18NO3.3C4H9.Po/c1-3-8-12-11(15)7-6-10(14)5-4-9(2)13;3*1-3-4-2;/h1,3-8H2,2H3,(H,12,15);3*1,3-4H2,2H3;. The first kappa shape index (κ1) is 27.7. The number of rotatable bonds is 19. The zero-order valence-electron chi connectivity index (χ0n) is 18.9. The van der Waals surface area contributed by atoms with Crippen LogP contribution in [0.3, 0.4) is 0 Å². The average molecular weight is 593 g/mol. The summed E-state index contributed by atoms with van der Waals surface area (Å²) in [5.41, 5.74) is 0. The SMILES string of the molecule is CCC[CH2][Po]([CH2]CCC)([CH2]CCC)[CH2]CCNC(=O)CCC(=O)CCC(C)=O. The molecule has 0 bridgehead atoms. The molecular weight excluding hydrogens is 547 g/mol. The minimum absolute atomic E-state index is 0.0131. The van der Waals surface area contributed by atoms with Gasteiger partial charge in [0.05, 0.1) is 0 Å². The number of Topliss-reactive ketones (excluding diaryl/α,β-unsaturated/α-hetero) is 2. The van der Waals surface area contributed by atoms with Gasteiger partial charge >= 0.3 is 179 Å². The molecule has 0 aromatic carbocycles. The van der Waals surface area contributed by atoms with Gasteiger partial charge in [0.15, 0.2) is 0 Å². The zero-order valence-corrected chi connectivity index (χ0v) is 22.1. The molecule has 0 fully saturated rings. The second-order valence-corrected chi connectivity index (χ2v) is 23.9. The van der Waals surface area contributed by atoms with Crippen molar-refractivity contribution in [1.82, 2.24) is 5.32 Å². The van der Waals surface area contributed by atoms with E-state index < -0.39 is 20.6 Å². The molecule has 5 heteroatoms. The van der Waals surface area contributed by atoms with Gasteiger partial charge in [-0.25, -0.2) is 0 Å². The van der Waals surface area contributed by atoms with Gasteiger partial charge in [0, 0.05) is 0 Å². The third-order valence-corrected chi connectivity index (χ3v) is 23.2. The molecule has 0 unspecified atom stereocenters. The molecule has 0 aliphatic heterocycles. The van der Waals surface area contributed by atoms with Crippen LogP contribution in [0.25, 0.3) is 0 Å². The van der Waals surface area contributed by atoms with E-state index in [1.54, 1.807) is 0 Å². The third kappa shape index (κ3) is 14.7. The molecule has 1 N–H and O–H groups in total. The molecule has 0 saturated carbocycles. The summed E-state index contributed by atoms with van der Waals surface area (Å²) >= 11 is -2.06. The van der Waals surface area contributed by atoms with Gasteiger partial charge in [-0.15, -0.1) is 0 Å². The van der Waals surface area contributed by atoms with E-state index in [1.807, 2.05) is 0 Å². The Morgan fingerprint density at radius 3 is 1.61 bits per heavy atom. The van der Waals surface area contributed by atoms with Crippen LogP contribution in [0.15, 0.2) is 0 Å². The van der Waals surface area contributed by atoms with Crippen molar-refractivity contribution >= 4 is 38.0 Å². The fourth-order valence-electron chi connectivity index (χ4n) is 3.35. The summed E-state index contributed by atoms with van der Waals surface area (Å²) in [4.78, 5) is 34.6. The van der Waals surface area contributed by atoms with Crippen LogP contribution in [-0.2, 0) is 14.4 Å². The fraction of sp³-hybridized carbons (Fsp3) is 0.870. The van der Waals surface area contributed by atoms with Gasteiger partial charge in [0.2, 0.25) is 0 Å². The van der Waals surface area contributed by atoms with Crippen molar-refractivity contribution in [3.63, 3.8) is 0 Å². The second kappa shape index (κ2) is 17.6. The zero-order chi connectivity index (χ0) is 21.3. The van der Waals surface area contributed by atoms with Gasteiger partial charge in [-0.3, -0.25) is 0 Å². The van der Waals surface area contributed by atoms with Crippen LogP contribution in [0.1, 0.15) is 98.3 Å². The number of hydrogen-bond donors (Lipinski definition) is 1. The van der Waals surface area contributed by atoms with Crippen molar-refractivity contribution in [1.29, 1.82) is 0 Å². The molecule has 0 saturated heterocycles. The van der Waals surface area contributed by atoms with Crippen molar-refractivity contribution < 1.29 is 14.4 Å². The van der Waals surface area contributed by atoms with Crippen LogP contribution in [0, 0.1) is 0 Å². The summed E-state index contributed by atoms with van der Waals surface area (Å²) in [5, 5.41) is 3.02. The third-order valence-electron chi connectivity index (χ3n) is 5.26. The number of ketones is 2. The summed E-state index contributed by atoms with van der Waals surface area (Å²) in [5.74, 6) is 0.0216. The van der Waals surface area contributed by atoms with Crippen molar-refractivity contribution in [2.45, 2.75) is 115 Å². The normalized spacial score (nSPS) is 12.0. The Kier molecular flexibility index (Phi) is 17.4. The molecule has 1 amide bonds. The summed E-state index contributed by atoms with van der Waals surface area (Å²) in [6.07, 6.45) is 10.2. The first-order chi connectivity index (χ1) is 13.4. The topological polar surface area (TPSA) is 63.2 Å². The Hall–Kier alpha value is -0.294. The Morgan fingerprint density at radius 2 is 1.14 bits per heavy atom. The molecule has 0 heterocycles. The van der Waals surface area contributed by atoms with Crippen molar-refractivity contribution in [2.24, 2.45) is 0 Å². The van der Waals surface area contributed by atoms with E-state index >= 15 is 0 Å². The number of hydrogen-bond acceptors (Lipinski definition) is 3. The summed E-state index contributed by atoms with van der Waals surface area (Å²) in [6.45, 7) is 9.14. The average Bonchev–Trinajstić information content (AvgIpc) is 2.68. The predicted molar refractivity (Wildman–Crippen MR) is 121 cm³/mol.